The quantitative estimate of drug-likeness (QED) is 0.602. The number of rotatable bonds is 2. The van der Waals surface area contributed by atoms with Crippen molar-refractivity contribution in [2.45, 2.75) is 0 Å². The van der Waals surface area contributed by atoms with Crippen LogP contribution in [0, 0.1) is 17.7 Å². The fourth-order valence-electron chi connectivity index (χ4n) is 1.09. The number of methoxy groups -OCH3 is 1. The number of carbonyl (C=O) groups is 1. The number of hydrogen-bond acceptors (Lipinski definition) is 3. The van der Waals surface area contributed by atoms with Crippen LogP contribution in [-0.4, -0.2) is 26.7 Å². The second kappa shape index (κ2) is 5.89. The average molecular weight is 221 g/mol. The topological polar surface area (TPSA) is 38.3 Å². The lowest BCUT2D eigenvalue weighted by Gasteiger charge is -2.00. The van der Waals surface area contributed by atoms with Crippen LogP contribution in [0.3, 0.4) is 0 Å². The number of ether oxygens (including phenoxy) is 1. The van der Waals surface area contributed by atoms with Gasteiger partial charge in [-0.2, -0.15) is 0 Å². The molecular weight excluding hydrogens is 209 g/mol. The van der Waals surface area contributed by atoms with E-state index in [0.717, 1.165) is 0 Å². The van der Waals surface area contributed by atoms with Crippen molar-refractivity contribution in [1.29, 1.82) is 0 Å². The lowest BCUT2D eigenvalue weighted by atomic mass is 10.1. The summed E-state index contributed by atoms with van der Waals surface area (Å²) in [6, 6.07) is 3.95. The summed E-state index contributed by atoms with van der Waals surface area (Å²) in [5.41, 5.74) is 0.482. The summed E-state index contributed by atoms with van der Waals surface area (Å²) in [6.45, 7) is 0.460. The predicted octanol–water partition coefficient (Wildman–Crippen LogP) is 1.18. The highest BCUT2D eigenvalue weighted by Crippen LogP contribution is 2.10. The van der Waals surface area contributed by atoms with Gasteiger partial charge < -0.3 is 10.1 Å². The van der Waals surface area contributed by atoms with Crippen molar-refractivity contribution in [3.63, 3.8) is 0 Å². The lowest BCUT2D eigenvalue weighted by Crippen LogP contribution is -2.05. The number of halogens is 1. The molecule has 16 heavy (non-hydrogen) atoms. The first kappa shape index (κ1) is 12.2. The zero-order chi connectivity index (χ0) is 12.0. The number of carbonyl (C=O) groups excluding carboxylic acids is 1. The van der Waals surface area contributed by atoms with Crippen LogP contribution in [0.15, 0.2) is 18.2 Å². The molecule has 3 nitrogen and oxygen atoms in total. The zero-order valence-electron chi connectivity index (χ0n) is 9.13. The minimum Gasteiger partial charge on any atom is -0.465 e. The Morgan fingerprint density at radius 2 is 2.31 bits per heavy atom. The Hall–Kier alpha value is -1.86. The minimum atomic E-state index is -0.503. The molecule has 0 amide bonds. The van der Waals surface area contributed by atoms with Crippen LogP contribution in [-0.2, 0) is 4.74 Å². The van der Waals surface area contributed by atoms with Gasteiger partial charge >= 0.3 is 5.97 Å². The highest BCUT2D eigenvalue weighted by Gasteiger charge is 2.08. The van der Waals surface area contributed by atoms with Crippen molar-refractivity contribution in [3.8, 4) is 11.8 Å². The molecule has 1 aromatic rings. The molecule has 1 rings (SSSR count). The third-order valence-electron chi connectivity index (χ3n) is 1.88. The summed E-state index contributed by atoms with van der Waals surface area (Å²) in [6.07, 6.45) is 0. The first-order valence-corrected chi connectivity index (χ1v) is 4.70. The summed E-state index contributed by atoms with van der Waals surface area (Å²) >= 11 is 0. The van der Waals surface area contributed by atoms with E-state index in [1.54, 1.807) is 7.05 Å². The molecular formula is C12H12FNO2. The number of esters is 1. The molecule has 0 aromatic heterocycles. The molecule has 0 unspecified atom stereocenters. The molecule has 0 bridgehead atoms. The van der Waals surface area contributed by atoms with Crippen LogP contribution in [0.4, 0.5) is 4.39 Å². The summed E-state index contributed by atoms with van der Waals surface area (Å²) in [4.78, 5) is 11.2. The Bertz CT molecular complexity index is 446. The van der Waals surface area contributed by atoms with Crippen LogP contribution < -0.4 is 5.32 Å². The van der Waals surface area contributed by atoms with Crippen molar-refractivity contribution in [2.24, 2.45) is 0 Å². The van der Waals surface area contributed by atoms with E-state index in [1.807, 2.05) is 0 Å². The zero-order valence-corrected chi connectivity index (χ0v) is 9.13. The van der Waals surface area contributed by atoms with Crippen molar-refractivity contribution in [1.82, 2.24) is 5.32 Å². The van der Waals surface area contributed by atoms with Crippen molar-refractivity contribution >= 4 is 5.97 Å². The molecule has 1 N–H and O–H groups in total. The molecule has 4 heteroatoms. The summed E-state index contributed by atoms with van der Waals surface area (Å²) in [5, 5.41) is 2.82. The normalized spacial score (nSPS) is 9.19. The summed E-state index contributed by atoms with van der Waals surface area (Å²) in [5.74, 6) is 4.41. The van der Waals surface area contributed by atoms with E-state index < -0.39 is 11.8 Å². The second-order valence-corrected chi connectivity index (χ2v) is 3.02. The number of hydrogen-bond donors (Lipinski definition) is 1. The van der Waals surface area contributed by atoms with Gasteiger partial charge in [-0.1, -0.05) is 11.8 Å². The molecule has 0 aliphatic rings. The second-order valence-electron chi connectivity index (χ2n) is 3.02. The first-order chi connectivity index (χ1) is 7.69. The maximum Gasteiger partial charge on any atom is 0.337 e. The van der Waals surface area contributed by atoms with Crippen LogP contribution in [0.1, 0.15) is 15.9 Å². The van der Waals surface area contributed by atoms with Crippen LogP contribution in [0.5, 0.6) is 0 Å². The highest BCUT2D eigenvalue weighted by atomic mass is 19.1. The average Bonchev–Trinajstić information content (AvgIpc) is 2.31. The number of benzene rings is 1. The SMILES string of the molecule is CNCC#Cc1cc(C(=O)OC)ccc1F. The maximum absolute atomic E-state index is 13.3. The van der Waals surface area contributed by atoms with E-state index in [0.29, 0.717) is 6.54 Å². The molecule has 0 fully saturated rings. The third-order valence-corrected chi connectivity index (χ3v) is 1.88. The molecule has 0 aliphatic heterocycles. The van der Waals surface area contributed by atoms with E-state index >= 15 is 0 Å². The molecule has 0 aliphatic carbocycles. The van der Waals surface area contributed by atoms with E-state index in [4.69, 9.17) is 0 Å². The fourth-order valence-corrected chi connectivity index (χ4v) is 1.09. The van der Waals surface area contributed by atoms with E-state index in [1.165, 1.54) is 25.3 Å². The Balaban J connectivity index is 3.01. The standard InChI is InChI=1S/C12H12FNO2/c1-14-7-3-4-9-8-10(12(15)16-2)5-6-11(9)13/h5-6,8,14H,7H2,1-2H3. The summed E-state index contributed by atoms with van der Waals surface area (Å²) < 4.78 is 17.8. The van der Waals surface area contributed by atoms with Gasteiger partial charge in [0, 0.05) is 0 Å². The number of nitrogens with one attached hydrogen (secondary N) is 1. The molecule has 0 saturated heterocycles. The van der Waals surface area contributed by atoms with Gasteiger partial charge in [0.05, 0.1) is 24.8 Å². The Kier molecular flexibility index (Phi) is 4.49. The maximum atomic E-state index is 13.3. The van der Waals surface area contributed by atoms with Gasteiger partial charge in [0.2, 0.25) is 0 Å². The van der Waals surface area contributed by atoms with Crippen molar-refractivity contribution < 1.29 is 13.9 Å². The predicted molar refractivity (Wildman–Crippen MR) is 58.5 cm³/mol. The molecule has 0 spiro atoms. The van der Waals surface area contributed by atoms with Gasteiger partial charge in [-0.15, -0.1) is 0 Å². The lowest BCUT2D eigenvalue weighted by molar-refractivity contribution is 0.0600. The Morgan fingerprint density at radius 3 is 2.94 bits per heavy atom. The minimum absolute atomic E-state index is 0.193. The Morgan fingerprint density at radius 1 is 1.56 bits per heavy atom. The molecule has 1 aromatic carbocycles. The molecule has 0 saturated carbocycles. The van der Waals surface area contributed by atoms with Gasteiger partial charge in [-0.3, -0.25) is 0 Å². The van der Waals surface area contributed by atoms with Gasteiger partial charge in [0.1, 0.15) is 5.82 Å². The molecule has 0 radical (unpaired) electrons. The molecule has 84 valence electrons. The van der Waals surface area contributed by atoms with Crippen LogP contribution >= 0.6 is 0 Å². The largest absolute Gasteiger partial charge is 0.465 e. The van der Waals surface area contributed by atoms with E-state index in [-0.39, 0.29) is 11.1 Å². The third kappa shape index (κ3) is 3.07. The van der Waals surface area contributed by atoms with Crippen molar-refractivity contribution in [2.75, 3.05) is 20.7 Å². The van der Waals surface area contributed by atoms with Gasteiger partial charge in [-0.25, -0.2) is 9.18 Å². The van der Waals surface area contributed by atoms with Crippen molar-refractivity contribution in [3.05, 3.63) is 35.1 Å². The highest BCUT2D eigenvalue weighted by molar-refractivity contribution is 5.89. The van der Waals surface area contributed by atoms with Crippen LogP contribution in [0.25, 0.3) is 0 Å². The van der Waals surface area contributed by atoms with E-state index in [2.05, 4.69) is 21.9 Å². The molecule has 0 atom stereocenters. The first-order valence-electron chi connectivity index (χ1n) is 4.70. The van der Waals surface area contributed by atoms with Gasteiger partial charge in [-0.05, 0) is 25.2 Å². The smallest absolute Gasteiger partial charge is 0.337 e. The summed E-state index contributed by atoms with van der Waals surface area (Å²) in [7, 11) is 3.02. The monoisotopic (exact) mass is 221 g/mol. The Labute approximate surface area is 93.6 Å². The fraction of sp³-hybridized carbons (Fsp3) is 0.250. The van der Waals surface area contributed by atoms with Crippen LogP contribution in [0.2, 0.25) is 0 Å². The van der Waals surface area contributed by atoms with E-state index in [9.17, 15) is 9.18 Å². The molecule has 0 heterocycles. The van der Waals surface area contributed by atoms with Gasteiger partial charge in [0.15, 0.2) is 0 Å². The van der Waals surface area contributed by atoms with Gasteiger partial charge in [0.25, 0.3) is 0 Å².